The fourth-order valence-electron chi connectivity index (χ4n) is 2.57. The van der Waals surface area contributed by atoms with Crippen molar-refractivity contribution in [2.24, 2.45) is 0 Å². The second-order valence-corrected chi connectivity index (χ2v) is 5.52. The van der Waals surface area contributed by atoms with E-state index in [2.05, 4.69) is 10.6 Å². The zero-order chi connectivity index (χ0) is 14.5. The summed E-state index contributed by atoms with van der Waals surface area (Å²) in [6, 6.07) is 5.47. The Labute approximate surface area is 119 Å². The van der Waals surface area contributed by atoms with E-state index in [-0.39, 0.29) is 17.9 Å². The van der Waals surface area contributed by atoms with Crippen LogP contribution in [0, 0.1) is 6.92 Å². The third-order valence-electron chi connectivity index (χ3n) is 3.83. The smallest absolute Gasteiger partial charge is 0.319 e. The van der Waals surface area contributed by atoms with E-state index >= 15 is 0 Å². The summed E-state index contributed by atoms with van der Waals surface area (Å²) in [5.74, 6) is 0.000684. The number of aryl methyl sites for hydroxylation is 1. The van der Waals surface area contributed by atoms with Crippen molar-refractivity contribution >= 4 is 17.5 Å². The molecule has 0 saturated heterocycles. The predicted molar refractivity (Wildman–Crippen MR) is 80.2 cm³/mol. The van der Waals surface area contributed by atoms with E-state index in [1.807, 2.05) is 13.0 Å². The summed E-state index contributed by atoms with van der Waals surface area (Å²) in [4.78, 5) is 23.4. The number of nitrogens with one attached hydrogen (secondary N) is 2. The lowest BCUT2D eigenvalue weighted by atomic mass is 9.96. The Morgan fingerprint density at radius 3 is 2.50 bits per heavy atom. The largest absolute Gasteiger partial charge is 0.335 e. The van der Waals surface area contributed by atoms with Crippen LogP contribution in [0.25, 0.3) is 0 Å². The number of ketones is 1. The molecular weight excluding hydrogens is 252 g/mol. The van der Waals surface area contributed by atoms with Crippen molar-refractivity contribution in [1.29, 1.82) is 0 Å². The van der Waals surface area contributed by atoms with Gasteiger partial charge in [-0.05, 0) is 38.3 Å². The number of benzene rings is 1. The highest BCUT2D eigenvalue weighted by molar-refractivity contribution is 5.97. The number of hydrogen-bond donors (Lipinski definition) is 2. The van der Waals surface area contributed by atoms with E-state index < -0.39 is 0 Å². The van der Waals surface area contributed by atoms with Crippen LogP contribution in [0.5, 0.6) is 0 Å². The molecule has 0 aromatic heterocycles. The van der Waals surface area contributed by atoms with Gasteiger partial charge < -0.3 is 10.6 Å². The molecule has 0 bridgehead atoms. The van der Waals surface area contributed by atoms with Gasteiger partial charge in [0.15, 0.2) is 5.78 Å². The summed E-state index contributed by atoms with van der Waals surface area (Å²) in [6.07, 6.45) is 5.74. The number of Topliss-reactive ketones (excluding diaryl/α,β-unsaturated/α-hetero) is 1. The molecule has 0 aliphatic heterocycles. The van der Waals surface area contributed by atoms with Crippen molar-refractivity contribution in [3.05, 3.63) is 29.3 Å². The molecule has 20 heavy (non-hydrogen) atoms. The number of hydrogen-bond acceptors (Lipinski definition) is 2. The van der Waals surface area contributed by atoms with Gasteiger partial charge in [-0.1, -0.05) is 31.4 Å². The molecule has 108 valence electrons. The van der Waals surface area contributed by atoms with Crippen molar-refractivity contribution in [3.8, 4) is 0 Å². The van der Waals surface area contributed by atoms with Crippen LogP contribution in [-0.4, -0.2) is 17.9 Å². The molecule has 4 nitrogen and oxygen atoms in total. The Morgan fingerprint density at radius 2 is 1.85 bits per heavy atom. The molecule has 0 atom stereocenters. The van der Waals surface area contributed by atoms with Gasteiger partial charge >= 0.3 is 6.03 Å². The maximum atomic E-state index is 12.0. The van der Waals surface area contributed by atoms with Gasteiger partial charge in [-0.25, -0.2) is 4.79 Å². The van der Waals surface area contributed by atoms with Crippen LogP contribution < -0.4 is 10.6 Å². The third kappa shape index (κ3) is 3.83. The highest BCUT2D eigenvalue weighted by Gasteiger charge is 2.16. The molecule has 0 spiro atoms. The summed E-state index contributed by atoms with van der Waals surface area (Å²) >= 11 is 0. The number of rotatable bonds is 3. The quantitative estimate of drug-likeness (QED) is 0.826. The topological polar surface area (TPSA) is 58.2 Å². The number of anilines is 1. The fourth-order valence-corrected chi connectivity index (χ4v) is 2.57. The Bertz CT molecular complexity index is 505. The first-order valence-corrected chi connectivity index (χ1v) is 7.25. The van der Waals surface area contributed by atoms with Gasteiger partial charge in [0.2, 0.25) is 0 Å². The van der Waals surface area contributed by atoms with Crippen LogP contribution >= 0.6 is 0 Å². The van der Waals surface area contributed by atoms with Gasteiger partial charge in [0.25, 0.3) is 0 Å². The Morgan fingerprint density at radius 1 is 1.15 bits per heavy atom. The van der Waals surface area contributed by atoms with Crippen LogP contribution in [0.4, 0.5) is 10.5 Å². The van der Waals surface area contributed by atoms with Gasteiger partial charge in [0.1, 0.15) is 0 Å². The highest BCUT2D eigenvalue weighted by atomic mass is 16.2. The minimum Gasteiger partial charge on any atom is -0.335 e. The van der Waals surface area contributed by atoms with Crippen molar-refractivity contribution in [1.82, 2.24) is 5.32 Å². The molecule has 4 heteroatoms. The molecule has 2 rings (SSSR count). The van der Waals surface area contributed by atoms with E-state index in [4.69, 9.17) is 0 Å². The molecule has 0 unspecified atom stereocenters. The van der Waals surface area contributed by atoms with Crippen LogP contribution in [-0.2, 0) is 0 Å². The second kappa shape index (κ2) is 6.55. The lowest BCUT2D eigenvalue weighted by molar-refractivity contribution is 0.101. The zero-order valence-corrected chi connectivity index (χ0v) is 12.2. The van der Waals surface area contributed by atoms with E-state index in [0.29, 0.717) is 11.3 Å². The molecule has 1 aliphatic carbocycles. The van der Waals surface area contributed by atoms with Gasteiger partial charge in [-0.15, -0.1) is 0 Å². The molecule has 1 aromatic carbocycles. The summed E-state index contributed by atoms with van der Waals surface area (Å²) in [5, 5.41) is 5.86. The number of carbonyl (C=O) groups is 2. The zero-order valence-electron chi connectivity index (χ0n) is 12.2. The van der Waals surface area contributed by atoms with Crippen molar-refractivity contribution in [2.45, 2.75) is 52.0 Å². The fraction of sp³-hybridized carbons (Fsp3) is 0.500. The molecule has 2 amide bonds. The Balaban J connectivity index is 1.99. The summed E-state index contributed by atoms with van der Waals surface area (Å²) in [6.45, 7) is 3.44. The number of urea groups is 1. The monoisotopic (exact) mass is 274 g/mol. The van der Waals surface area contributed by atoms with Gasteiger partial charge in [0.05, 0.1) is 0 Å². The molecule has 0 radical (unpaired) electrons. The molecule has 1 fully saturated rings. The standard InChI is InChI=1S/C16H22N2O2/c1-11-8-9-13(12(2)19)10-15(11)18-16(20)17-14-6-4-3-5-7-14/h8-10,14H,3-7H2,1-2H3,(H2,17,18,20). The lowest BCUT2D eigenvalue weighted by Gasteiger charge is -2.23. The van der Waals surface area contributed by atoms with E-state index in [1.54, 1.807) is 12.1 Å². The first-order chi connectivity index (χ1) is 9.56. The Hall–Kier alpha value is -1.84. The van der Waals surface area contributed by atoms with Crippen molar-refractivity contribution in [3.63, 3.8) is 0 Å². The van der Waals surface area contributed by atoms with E-state index in [0.717, 1.165) is 18.4 Å². The average Bonchev–Trinajstić information content (AvgIpc) is 2.42. The van der Waals surface area contributed by atoms with Crippen LogP contribution in [0.1, 0.15) is 54.9 Å². The molecule has 1 saturated carbocycles. The minimum absolute atomic E-state index is 0.000684. The van der Waals surface area contributed by atoms with Crippen LogP contribution in [0.2, 0.25) is 0 Å². The van der Waals surface area contributed by atoms with Crippen molar-refractivity contribution in [2.75, 3.05) is 5.32 Å². The lowest BCUT2D eigenvalue weighted by Crippen LogP contribution is -2.39. The number of amides is 2. The van der Waals surface area contributed by atoms with Crippen molar-refractivity contribution < 1.29 is 9.59 Å². The van der Waals surface area contributed by atoms with Crippen LogP contribution in [0.3, 0.4) is 0 Å². The van der Waals surface area contributed by atoms with Gasteiger partial charge in [-0.3, -0.25) is 4.79 Å². The highest BCUT2D eigenvalue weighted by Crippen LogP contribution is 2.19. The molecule has 0 heterocycles. The normalized spacial score (nSPS) is 15.7. The van der Waals surface area contributed by atoms with Gasteiger partial charge in [0, 0.05) is 17.3 Å². The molecule has 1 aliphatic rings. The van der Waals surface area contributed by atoms with Gasteiger partial charge in [-0.2, -0.15) is 0 Å². The summed E-state index contributed by atoms with van der Waals surface area (Å²) in [5.41, 5.74) is 2.27. The minimum atomic E-state index is -0.180. The summed E-state index contributed by atoms with van der Waals surface area (Å²) in [7, 11) is 0. The van der Waals surface area contributed by atoms with E-state index in [9.17, 15) is 9.59 Å². The predicted octanol–water partition coefficient (Wildman–Crippen LogP) is 3.65. The average molecular weight is 274 g/mol. The Kier molecular flexibility index (Phi) is 4.77. The maximum absolute atomic E-state index is 12.0. The first-order valence-electron chi connectivity index (χ1n) is 7.25. The maximum Gasteiger partial charge on any atom is 0.319 e. The van der Waals surface area contributed by atoms with E-state index in [1.165, 1.54) is 26.2 Å². The molecular formula is C16H22N2O2. The SMILES string of the molecule is CC(=O)c1ccc(C)c(NC(=O)NC2CCCCC2)c1. The molecule has 2 N–H and O–H groups in total. The number of carbonyl (C=O) groups excluding carboxylic acids is 2. The molecule has 1 aromatic rings. The third-order valence-corrected chi connectivity index (χ3v) is 3.83. The second-order valence-electron chi connectivity index (χ2n) is 5.52. The first kappa shape index (κ1) is 14.6. The van der Waals surface area contributed by atoms with Crippen LogP contribution in [0.15, 0.2) is 18.2 Å². The summed E-state index contributed by atoms with van der Waals surface area (Å²) < 4.78 is 0.